The zero-order valence-electron chi connectivity index (χ0n) is 21.2. The quantitative estimate of drug-likeness (QED) is 0.174. The highest BCUT2D eigenvalue weighted by molar-refractivity contribution is 7.86. The van der Waals surface area contributed by atoms with E-state index in [-0.39, 0.29) is 11.3 Å². The second-order valence-corrected chi connectivity index (χ2v) is 11.2. The number of rotatable bonds is 8. The van der Waals surface area contributed by atoms with Gasteiger partial charge in [-0.15, -0.1) is 0 Å². The molecule has 0 bridgehead atoms. The van der Waals surface area contributed by atoms with Crippen LogP contribution in [0.2, 0.25) is 0 Å². The molecule has 0 heterocycles. The van der Waals surface area contributed by atoms with Crippen LogP contribution in [0.4, 0.5) is 11.4 Å². The Kier molecular flexibility index (Phi) is 8.25. The molecule has 3 aromatic carbocycles. The molecule has 0 spiro atoms. The summed E-state index contributed by atoms with van der Waals surface area (Å²) in [7, 11) is -8.48. The van der Waals surface area contributed by atoms with E-state index in [1.54, 1.807) is 19.1 Å². The second-order valence-electron chi connectivity index (χ2n) is 8.40. The van der Waals surface area contributed by atoms with Crippen LogP contribution in [0.25, 0.3) is 0 Å². The number of anilines is 2. The van der Waals surface area contributed by atoms with Crippen molar-refractivity contribution in [3.05, 3.63) is 83.7 Å². The van der Waals surface area contributed by atoms with Crippen molar-refractivity contribution in [1.82, 2.24) is 0 Å². The topological polar surface area (TPSA) is 238 Å². The van der Waals surface area contributed by atoms with Gasteiger partial charge in [0.2, 0.25) is 10.9 Å². The lowest BCUT2D eigenvalue weighted by molar-refractivity contribution is 0.0694. The van der Waals surface area contributed by atoms with Gasteiger partial charge in [-0.05, 0) is 61.7 Å². The predicted molar refractivity (Wildman–Crippen MR) is 140 cm³/mol. The zero-order valence-corrected chi connectivity index (χ0v) is 22.8. The van der Waals surface area contributed by atoms with Gasteiger partial charge in [-0.1, -0.05) is 0 Å². The predicted octanol–water partition coefficient (Wildman–Crippen LogP) is 0.264. The van der Waals surface area contributed by atoms with E-state index < -0.39 is 68.8 Å². The van der Waals surface area contributed by atoms with Crippen LogP contribution in [0.15, 0.2) is 59.9 Å². The number of nitrogens with one attached hydrogen (secondary N) is 2. The monoisotopic (exact) mass is 594 g/mol. The molecule has 5 N–H and O–H groups in total. The summed E-state index contributed by atoms with van der Waals surface area (Å²) in [5.41, 5.74) is 2.26. The van der Waals surface area contributed by atoms with E-state index in [4.69, 9.17) is 4.74 Å². The molecule has 0 fully saturated rings. The van der Waals surface area contributed by atoms with Gasteiger partial charge < -0.3 is 9.84 Å². The first-order valence-electron chi connectivity index (χ1n) is 10.9. The minimum absolute atomic E-state index is 0.255. The van der Waals surface area contributed by atoms with Crippen molar-refractivity contribution in [2.45, 2.75) is 30.6 Å². The lowest BCUT2D eigenvalue weighted by atomic mass is 10.1. The first kappa shape index (κ1) is 30.1. The Labute approximate surface area is 226 Å². The molecular formula is C23H22N4O11S2. The van der Waals surface area contributed by atoms with Crippen molar-refractivity contribution >= 4 is 37.6 Å². The number of aromatic carboxylic acids is 1. The third-order valence-corrected chi connectivity index (χ3v) is 7.54. The highest BCUT2D eigenvalue weighted by Crippen LogP contribution is 2.29. The van der Waals surface area contributed by atoms with E-state index in [2.05, 4.69) is 15.6 Å². The van der Waals surface area contributed by atoms with Crippen LogP contribution < -0.4 is 37.2 Å². The average molecular weight is 595 g/mol. The van der Waals surface area contributed by atoms with Crippen LogP contribution in [-0.2, 0) is 20.2 Å². The van der Waals surface area contributed by atoms with Gasteiger partial charge >= 0.3 is 5.97 Å². The summed E-state index contributed by atoms with van der Waals surface area (Å²) in [6.07, 6.45) is 0. The third kappa shape index (κ3) is 6.23. The lowest BCUT2D eigenvalue weighted by Gasteiger charge is -2.11. The van der Waals surface area contributed by atoms with Gasteiger partial charge in [-0.25, -0.2) is 4.79 Å². The average Bonchev–Trinajstić information content (AvgIpc) is 2.83. The zero-order chi connectivity index (χ0) is 30.2. The minimum Gasteiger partial charge on any atom is -0.495 e. The number of hydrogen-bond donors (Lipinski definition) is 5. The molecule has 0 amide bonds. The molecule has 212 valence electrons. The summed E-state index contributed by atoms with van der Waals surface area (Å²) in [5.74, 6) is -1.35. The summed E-state index contributed by atoms with van der Waals surface area (Å²) in [6, 6.07) is 5.17. The smallest absolute Gasteiger partial charge is 0.338 e. The third-order valence-electron chi connectivity index (χ3n) is 5.65. The van der Waals surface area contributed by atoms with E-state index in [1.165, 1.54) is 7.11 Å². The molecule has 0 aliphatic carbocycles. The number of carboxylic acids is 1. The van der Waals surface area contributed by atoms with Crippen molar-refractivity contribution in [2.75, 3.05) is 18.0 Å². The number of hydrogen-bond acceptors (Lipinski definition) is 12. The largest absolute Gasteiger partial charge is 0.495 e. The molecule has 0 saturated carbocycles. The van der Waals surface area contributed by atoms with Crippen molar-refractivity contribution < 1.29 is 40.6 Å². The normalized spacial score (nSPS) is 12.8. The molecule has 0 atom stereocenters. The molecule has 0 unspecified atom stereocenters. The Morgan fingerprint density at radius 2 is 1.32 bits per heavy atom. The number of nitrogens with zero attached hydrogens (tertiary/aromatic N) is 2. The number of ether oxygens (including phenoxy) is 1. The summed E-state index contributed by atoms with van der Waals surface area (Å²) in [4.78, 5) is 35.8. The van der Waals surface area contributed by atoms with Gasteiger partial charge in [0.15, 0.2) is 5.36 Å². The number of methoxy groups -OCH3 is 1. The SMILES string of the molecule is COc1cc(C)c(C)cc1NN=c1c(C(=O)O)cc(=O)c(=NNc2cc(S(=O)(=O)O)c(C)cc2S(=O)(=O)O)c1=O. The Morgan fingerprint density at radius 3 is 1.88 bits per heavy atom. The Balaban J connectivity index is 2.27. The molecule has 3 rings (SSSR count). The van der Waals surface area contributed by atoms with E-state index >= 15 is 0 Å². The molecule has 40 heavy (non-hydrogen) atoms. The maximum atomic E-state index is 13.1. The molecule has 0 aliphatic heterocycles. The van der Waals surface area contributed by atoms with Gasteiger partial charge in [0.1, 0.15) is 16.0 Å². The first-order chi connectivity index (χ1) is 18.4. The van der Waals surface area contributed by atoms with Crippen LogP contribution in [0, 0.1) is 20.8 Å². The second kappa shape index (κ2) is 11.0. The van der Waals surface area contributed by atoms with E-state index in [1.807, 2.05) is 12.3 Å². The minimum atomic E-state index is -4.99. The van der Waals surface area contributed by atoms with Crippen LogP contribution >= 0.6 is 0 Å². The van der Waals surface area contributed by atoms with Gasteiger partial charge in [0, 0.05) is 6.07 Å². The number of aryl methyl sites for hydroxylation is 3. The molecule has 0 aliphatic rings. The molecular weight excluding hydrogens is 572 g/mol. The maximum absolute atomic E-state index is 13.1. The van der Waals surface area contributed by atoms with E-state index in [9.17, 15) is 45.4 Å². The van der Waals surface area contributed by atoms with Gasteiger partial charge in [-0.3, -0.25) is 29.5 Å². The number of benzene rings is 3. The number of carboxylic acid groups (broad SMARTS) is 1. The Bertz CT molecular complexity index is 2000. The highest BCUT2D eigenvalue weighted by atomic mass is 32.2. The standard InChI is InChI=1S/C23H22N4O11S2/c1-10-5-14(17(38-4)6-11(10)2)24-26-20-13(23(30)31)8-16(28)21(22(20)29)27-25-15-9-18(39(32,33)34)12(3)7-19(15)40(35,36)37/h5-9,24-25H,1-4H3,(H,30,31)(H,32,33,34)(H,35,36,37). The molecule has 0 aromatic heterocycles. The fourth-order valence-corrected chi connectivity index (χ4v) is 4.95. The molecule has 17 heteroatoms. The van der Waals surface area contributed by atoms with Crippen molar-refractivity contribution in [3.8, 4) is 5.75 Å². The molecule has 3 aromatic rings. The van der Waals surface area contributed by atoms with E-state index in [0.29, 0.717) is 23.9 Å². The number of carbonyl (C=O) groups is 1. The van der Waals surface area contributed by atoms with E-state index in [0.717, 1.165) is 18.1 Å². The Hall–Kier alpha value is -4.45. The molecule has 0 saturated heterocycles. The fourth-order valence-electron chi connectivity index (χ4n) is 3.51. The summed E-state index contributed by atoms with van der Waals surface area (Å²) in [6.45, 7) is 4.75. The summed E-state index contributed by atoms with van der Waals surface area (Å²) in [5, 5.41) is 15.2. The van der Waals surface area contributed by atoms with Crippen LogP contribution in [0.5, 0.6) is 5.75 Å². The van der Waals surface area contributed by atoms with Crippen molar-refractivity contribution in [2.24, 2.45) is 10.2 Å². The van der Waals surface area contributed by atoms with Crippen molar-refractivity contribution in [3.63, 3.8) is 0 Å². The summed E-state index contributed by atoms with van der Waals surface area (Å²) < 4.78 is 71.3. The highest BCUT2D eigenvalue weighted by Gasteiger charge is 2.23. The molecule has 0 radical (unpaired) electrons. The van der Waals surface area contributed by atoms with Crippen LogP contribution in [0.1, 0.15) is 27.0 Å². The van der Waals surface area contributed by atoms with Gasteiger partial charge in [0.05, 0.1) is 28.9 Å². The van der Waals surface area contributed by atoms with Gasteiger partial charge in [-0.2, -0.15) is 27.0 Å². The molecule has 15 nitrogen and oxygen atoms in total. The first-order valence-corrected chi connectivity index (χ1v) is 13.8. The fraction of sp³-hybridized carbons (Fsp3) is 0.174. The van der Waals surface area contributed by atoms with Crippen molar-refractivity contribution in [1.29, 1.82) is 0 Å². The summed E-state index contributed by atoms with van der Waals surface area (Å²) >= 11 is 0. The van der Waals surface area contributed by atoms with Gasteiger partial charge in [0.25, 0.3) is 20.2 Å². The van der Waals surface area contributed by atoms with Crippen LogP contribution in [0.3, 0.4) is 0 Å². The van der Waals surface area contributed by atoms with Crippen LogP contribution in [-0.4, -0.2) is 44.1 Å². The Morgan fingerprint density at radius 1 is 0.775 bits per heavy atom. The maximum Gasteiger partial charge on any atom is 0.338 e. The lowest BCUT2D eigenvalue weighted by Crippen LogP contribution is -2.50.